The van der Waals surface area contributed by atoms with Crippen LogP contribution in [0.4, 0.5) is 0 Å². The second-order valence-electron chi connectivity index (χ2n) is 4.55. The first-order valence-electron chi connectivity index (χ1n) is 6.39. The van der Waals surface area contributed by atoms with Gasteiger partial charge in [-0.3, -0.25) is 0 Å². The molecule has 0 fully saturated rings. The minimum Gasteiger partial charge on any atom is -0.228 e. The van der Waals surface area contributed by atoms with E-state index in [4.69, 9.17) is 23.2 Å². The van der Waals surface area contributed by atoms with Crippen molar-refractivity contribution in [1.29, 1.82) is 0 Å². The molecule has 0 radical (unpaired) electrons. The molecule has 4 heteroatoms. The van der Waals surface area contributed by atoms with Gasteiger partial charge in [-0.05, 0) is 48.4 Å². The number of nitrogens with zero attached hydrogens (tertiary/aromatic N) is 2. The van der Waals surface area contributed by atoms with Crippen LogP contribution >= 0.6 is 23.2 Å². The quantitative estimate of drug-likeness (QED) is 0.611. The zero-order valence-electron chi connectivity index (χ0n) is 10.9. The van der Waals surface area contributed by atoms with Crippen LogP contribution < -0.4 is 0 Å². The van der Waals surface area contributed by atoms with Crippen LogP contribution in [0.5, 0.6) is 0 Å². The fourth-order valence-electron chi connectivity index (χ4n) is 2.09. The predicted molar refractivity (Wildman–Crippen MR) is 84.4 cm³/mol. The van der Waals surface area contributed by atoms with Crippen molar-refractivity contribution in [3.63, 3.8) is 0 Å². The molecule has 0 bridgehead atoms. The number of rotatable bonds is 2. The summed E-state index contributed by atoms with van der Waals surface area (Å²) in [5, 5.41) is 2.06. The van der Waals surface area contributed by atoms with Crippen molar-refractivity contribution in [3.8, 4) is 11.4 Å². The maximum atomic E-state index is 6.30. The summed E-state index contributed by atoms with van der Waals surface area (Å²) in [5.41, 5.74) is 2.98. The van der Waals surface area contributed by atoms with Crippen molar-refractivity contribution in [2.45, 2.75) is 13.3 Å². The van der Waals surface area contributed by atoms with Crippen LogP contribution in [0.25, 0.3) is 22.3 Å². The van der Waals surface area contributed by atoms with Crippen molar-refractivity contribution in [2.24, 2.45) is 0 Å². The Morgan fingerprint density at radius 3 is 2.40 bits per heavy atom. The van der Waals surface area contributed by atoms with Crippen molar-refractivity contribution < 1.29 is 0 Å². The van der Waals surface area contributed by atoms with Gasteiger partial charge in [-0.25, -0.2) is 9.97 Å². The van der Waals surface area contributed by atoms with Crippen LogP contribution in [0.1, 0.15) is 12.5 Å². The van der Waals surface area contributed by atoms with Gasteiger partial charge in [-0.2, -0.15) is 0 Å². The second-order valence-corrected chi connectivity index (χ2v) is 5.34. The summed E-state index contributed by atoms with van der Waals surface area (Å²) in [4.78, 5) is 8.96. The van der Waals surface area contributed by atoms with Crippen LogP contribution in [0, 0.1) is 0 Å². The molecule has 0 spiro atoms. The number of aromatic nitrogens is 2. The fraction of sp³-hybridized carbons (Fsp3) is 0.125. The van der Waals surface area contributed by atoms with Gasteiger partial charge in [0.1, 0.15) is 5.15 Å². The molecule has 0 aliphatic heterocycles. The van der Waals surface area contributed by atoms with E-state index in [1.54, 1.807) is 0 Å². The smallest absolute Gasteiger partial charge is 0.161 e. The summed E-state index contributed by atoms with van der Waals surface area (Å²) in [6.45, 7) is 2.11. The summed E-state index contributed by atoms with van der Waals surface area (Å²) in [6, 6.07) is 13.5. The molecule has 1 aromatic heterocycles. The van der Waals surface area contributed by atoms with Crippen LogP contribution in [0.2, 0.25) is 10.2 Å². The molecule has 0 saturated carbocycles. The maximum Gasteiger partial charge on any atom is 0.161 e. The van der Waals surface area contributed by atoms with Crippen molar-refractivity contribution in [3.05, 3.63) is 58.2 Å². The van der Waals surface area contributed by atoms with Crippen LogP contribution in [0.15, 0.2) is 42.5 Å². The van der Waals surface area contributed by atoms with E-state index in [0.717, 1.165) is 22.9 Å². The Hall–Kier alpha value is -1.64. The molecular weight excluding hydrogens is 291 g/mol. The standard InChI is InChI=1S/C16H12Cl2N2/c1-2-10-3-8-14-13(9-10)15(18)20-16(19-14)11-4-6-12(17)7-5-11/h3-9H,2H2,1H3. The molecule has 20 heavy (non-hydrogen) atoms. The molecule has 0 unspecified atom stereocenters. The highest BCUT2D eigenvalue weighted by Crippen LogP contribution is 2.26. The third-order valence-electron chi connectivity index (χ3n) is 3.22. The molecule has 0 atom stereocenters. The van der Waals surface area contributed by atoms with E-state index >= 15 is 0 Å². The molecule has 0 amide bonds. The summed E-state index contributed by atoms with van der Waals surface area (Å²) in [6.07, 6.45) is 0.963. The molecule has 0 aliphatic carbocycles. The normalized spacial score (nSPS) is 10.9. The monoisotopic (exact) mass is 302 g/mol. The minimum absolute atomic E-state index is 0.482. The molecule has 3 aromatic rings. The van der Waals surface area contributed by atoms with E-state index in [0.29, 0.717) is 16.0 Å². The molecule has 0 saturated heterocycles. The number of aryl methyl sites for hydroxylation is 1. The third-order valence-corrected chi connectivity index (χ3v) is 3.76. The lowest BCUT2D eigenvalue weighted by molar-refractivity contribution is 1.14. The van der Waals surface area contributed by atoms with E-state index in [-0.39, 0.29) is 0 Å². The SMILES string of the molecule is CCc1ccc2nc(-c3ccc(Cl)cc3)nc(Cl)c2c1. The number of fused-ring (bicyclic) bond motifs is 1. The maximum absolute atomic E-state index is 6.30. The Bertz CT molecular complexity index is 767. The lowest BCUT2D eigenvalue weighted by Gasteiger charge is -2.06. The zero-order valence-corrected chi connectivity index (χ0v) is 12.4. The van der Waals surface area contributed by atoms with Crippen molar-refractivity contribution >= 4 is 34.1 Å². The third kappa shape index (κ3) is 2.49. The average Bonchev–Trinajstić information content (AvgIpc) is 2.47. The number of hydrogen-bond acceptors (Lipinski definition) is 2. The summed E-state index contributed by atoms with van der Waals surface area (Å²) < 4.78 is 0. The van der Waals surface area contributed by atoms with E-state index in [2.05, 4.69) is 23.0 Å². The van der Waals surface area contributed by atoms with Crippen molar-refractivity contribution in [1.82, 2.24) is 9.97 Å². The van der Waals surface area contributed by atoms with Gasteiger partial charge in [-0.15, -0.1) is 0 Å². The molecule has 100 valence electrons. The molecule has 0 N–H and O–H groups in total. The number of hydrogen-bond donors (Lipinski definition) is 0. The minimum atomic E-state index is 0.482. The van der Waals surface area contributed by atoms with Crippen molar-refractivity contribution in [2.75, 3.05) is 0 Å². The molecule has 0 aliphatic rings. The Kier molecular flexibility index (Phi) is 3.60. The second kappa shape index (κ2) is 5.39. The zero-order chi connectivity index (χ0) is 14.1. The van der Waals surface area contributed by atoms with Crippen LogP contribution in [0.3, 0.4) is 0 Å². The highest BCUT2D eigenvalue weighted by molar-refractivity contribution is 6.34. The van der Waals surface area contributed by atoms with E-state index in [1.807, 2.05) is 36.4 Å². The number of benzene rings is 2. The van der Waals surface area contributed by atoms with E-state index in [9.17, 15) is 0 Å². The highest BCUT2D eigenvalue weighted by atomic mass is 35.5. The first-order chi connectivity index (χ1) is 9.67. The molecule has 2 nitrogen and oxygen atoms in total. The van der Waals surface area contributed by atoms with Gasteiger partial charge < -0.3 is 0 Å². The predicted octanol–water partition coefficient (Wildman–Crippen LogP) is 5.17. The van der Waals surface area contributed by atoms with E-state index in [1.165, 1.54) is 5.56 Å². The molecular formula is C16H12Cl2N2. The summed E-state index contributed by atoms with van der Waals surface area (Å²) in [5.74, 6) is 0.614. The van der Waals surface area contributed by atoms with Gasteiger partial charge in [0.05, 0.1) is 5.52 Å². The lowest BCUT2D eigenvalue weighted by atomic mass is 10.1. The van der Waals surface area contributed by atoms with Gasteiger partial charge in [0.2, 0.25) is 0 Å². The van der Waals surface area contributed by atoms with Crippen LogP contribution in [-0.2, 0) is 6.42 Å². The fourth-order valence-corrected chi connectivity index (χ4v) is 2.44. The first-order valence-corrected chi connectivity index (χ1v) is 7.15. The average molecular weight is 303 g/mol. The molecule has 3 rings (SSSR count). The summed E-state index contributed by atoms with van der Waals surface area (Å²) >= 11 is 12.2. The van der Waals surface area contributed by atoms with Gasteiger partial charge in [-0.1, -0.05) is 36.2 Å². The van der Waals surface area contributed by atoms with Crippen LogP contribution in [-0.4, -0.2) is 9.97 Å². The Morgan fingerprint density at radius 1 is 0.950 bits per heavy atom. The Morgan fingerprint density at radius 2 is 1.70 bits per heavy atom. The lowest BCUT2D eigenvalue weighted by Crippen LogP contribution is -1.93. The topological polar surface area (TPSA) is 25.8 Å². The first kappa shape index (κ1) is 13.3. The van der Waals surface area contributed by atoms with Gasteiger partial charge in [0.15, 0.2) is 5.82 Å². The van der Waals surface area contributed by atoms with E-state index < -0.39 is 0 Å². The summed E-state index contributed by atoms with van der Waals surface area (Å²) in [7, 11) is 0. The molecule has 2 aromatic carbocycles. The largest absolute Gasteiger partial charge is 0.228 e. The Balaban J connectivity index is 2.17. The van der Waals surface area contributed by atoms with Gasteiger partial charge in [0, 0.05) is 16.0 Å². The highest BCUT2D eigenvalue weighted by Gasteiger charge is 2.08. The van der Waals surface area contributed by atoms with Gasteiger partial charge >= 0.3 is 0 Å². The molecule has 1 heterocycles. The number of halogens is 2. The Labute approximate surface area is 127 Å². The van der Waals surface area contributed by atoms with Gasteiger partial charge in [0.25, 0.3) is 0 Å².